The van der Waals surface area contributed by atoms with Gasteiger partial charge in [-0.15, -0.1) is 0 Å². The largest absolute Gasteiger partial charge is 0.497 e. The van der Waals surface area contributed by atoms with Gasteiger partial charge < -0.3 is 29.2 Å². The fourth-order valence-corrected chi connectivity index (χ4v) is 6.25. The first-order chi connectivity index (χ1) is 21.6. The van der Waals surface area contributed by atoms with Gasteiger partial charge in [0.1, 0.15) is 24.1 Å². The maximum Gasteiger partial charge on any atom is 0.265 e. The van der Waals surface area contributed by atoms with Gasteiger partial charge in [-0.25, -0.2) is 8.42 Å². The van der Waals surface area contributed by atoms with Gasteiger partial charge in [-0.3, -0.25) is 13.9 Å². The lowest BCUT2D eigenvalue weighted by molar-refractivity contribution is -0.140. The summed E-state index contributed by atoms with van der Waals surface area (Å²) in [7, 11) is 1.28. The molecule has 3 rings (SSSR count). The van der Waals surface area contributed by atoms with Crippen LogP contribution in [-0.4, -0.2) is 72.7 Å². The first-order valence-corrected chi connectivity index (χ1v) is 16.2. The molecule has 0 aromatic heterocycles. The second-order valence-electron chi connectivity index (χ2n) is 10.1. The van der Waals surface area contributed by atoms with Gasteiger partial charge in [0, 0.05) is 25.2 Å². The molecule has 11 nitrogen and oxygen atoms in total. The van der Waals surface area contributed by atoms with Crippen LogP contribution in [0.2, 0.25) is 0 Å². The molecule has 1 unspecified atom stereocenters. The van der Waals surface area contributed by atoms with Crippen molar-refractivity contribution >= 4 is 27.5 Å². The summed E-state index contributed by atoms with van der Waals surface area (Å²) in [6.07, 6.45) is 2.01. The number of carbonyl (C=O) groups excluding carboxylic acids is 2. The van der Waals surface area contributed by atoms with Crippen molar-refractivity contribution in [3.8, 4) is 23.0 Å². The third kappa shape index (κ3) is 8.59. The van der Waals surface area contributed by atoms with Crippen molar-refractivity contribution in [3.63, 3.8) is 0 Å². The molecule has 0 heterocycles. The Kier molecular flexibility index (Phi) is 12.9. The number of ether oxygens (including phenoxy) is 4. The van der Waals surface area contributed by atoms with Crippen LogP contribution in [-0.2, 0) is 26.2 Å². The van der Waals surface area contributed by atoms with Crippen molar-refractivity contribution in [1.82, 2.24) is 10.2 Å². The molecule has 0 radical (unpaired) electrons. The lowest BCUT2D eigenvalue weighted by atomic mass is 10.1. The molecule has 3 aromatic carbocycles. The van der Waals surface area contributed by atoms with E-state index in [-0.39, 0.29) is 34.5 Å². The quantitative estimate of drug-likeness (QED) is 0.212. The number of rotatable bonds is 17. The highest BCUT2D eigenvalue weighted by molar-refractivity contribution is 7.92. The number of unbranched alkanes of at least 4 members (excludes halogenated alkanes) is 1. The third-order valence-electron chi connectivity index (χ3n) is 7.29. The molecule has 2 amide bonds. The monoisotopic (exact) mass is 641 g/mol. The van der Waals surface area contributed by atoms with Crippen LogP contribution in [0.5, 0.6) is 23.0 Å². The first kappa shape index (κ1) is 35.0. The van der Waals surface area contributed by atoms with Gasteiger partial charge in [0.05, 0.1) is 39.0 Å². The highest BCUT2D eigenvalue weighted by Gasteiger charge is 2.35. The molecular formula is C33H43N3O8S. The summed E-state index contributed by atoms with van der Waals surface area (Å²) < 4.78 is 51.4. The number of benzene rings is 3. The van der Waals surface area contributed by atoms with E-state index < -0.39 is 28.5 Å². The van der Waals surface area contributed by atoms with Crippen LogP contribution < -0.4 is 28.6 Å². The van der Waals surface area contributed by atoms with Crippen LogP contribution in [0.25, 0.3) is 0 Å². The minimum absolute atomic E-state index is 0.0834. The molecule has 0 aliphatic rings. The lowest BCUT2D eigenvalue weighted by Crippen LogP contribution is -2.52. The van der Waals surface area contributed by atoms with Gasteiger partial charge in [0.25, 0.3) is 10.0 Å². The molecule has 12 heteroatoms. The summed E-state index contributed by atoms with van der Waals surface area (Å²) in [5, 5.41) is 2.93. The predicted octanol–water partition coefficient (Wildman–Crippen LogP) is 4.64. The van der Waals surface area contributed by atoms with E-state index in [2.05, 4.69) is 5.32 Å². The molecule has 0 saturated heterocycles. The SMILES string of the molecule is CCCCNC(=O)C(CC)N(Cc1ccccc1)C(=O)CN(c1cc(OC)ccc1OC)S(=O)(=O)c1ccc(OC)c(OC)c1. The summed E-state index contributed by atoms with van der Waals surface area (Å²) in [6, 6.07) is 17.3. The summed E-state index contributed by atoms with van der Waals surface area (Å²) in [5.41, 5.74) is 0.874. The van der Waals surface area contributed by atoms with Crippen molar-refractivity contribution < 1.29 is 37.0 Å². The molecule has 45 heavy (non-hydrogen) atoms. The first-order valence-electron chi connectivity index (χ1n) is 14.7. The second kappa shape index (κ2) is 16.6. The smallest absolute Gasteiger partial charge is 0.265 e. The van der Waals surface area contributed by atoms with Gasteiger partial charge in [-0.05, 0) is 42.7 Å². The number of hydrogen-bond acceptors (Lipinski definition) is 8. The Morgan fingerprint density at radius 3 is 2.09 bits per heavy atom. The van der Waals surface area contributed by atoms with Crippen molar-refractivity contribution in [2.24, 2.45) is 0 Å². The molecule has 0 fully saturated rings. The van der Waals surface area contributed by atoms with E-state index in [1.807, 2.05) is 44.2 Å². The number of carbonyl (C=O) groups is 2. The molecule has 0 saturated carbocycles. The number of anilines is 1. The molecule has 1 atom stereocenters. The summed E-state index contributed by atoms with van der Waals surface area (Å²) in [5.74, 6) is 0.212. The molecule has 244 valence electrons. The van der Waals surface area contributed by atoms with E-state index in [1.165, 1.54) is 57.6 Å². The number of nitrogens with zero attached hydrogens (tertiary/aromatic N) is 2. The zero-order chi connectivity index (χ0) is 33.0. The van der Waals surface area contributed by atoms with Gasteiger partial charge in [-0.1, -0.05) is 50.6 Å². The van der Waals surface area contributed by atoms with Crippen LogP contribution in [0, 0.1) is 0 Å². The van der Waals surface area contributed by atoms with Gasteiger partial charge in [0.2, 0.25) is 11.8 Å². The molecule has 0 bridgehead atoms. The number of hydrogen-bond donors (Lipinski definition) is 1. The minimum atomic E-state index is -4.43. The maximum atomic E-state index is 14.4. The molecular weight excluding hydrogens is 598 g/mol. The lowest BCUT2D eigenvalue weighted by Gasteiger charge is -2.33. The number of methoxy groups -OCH3 is 4. The highest BCUT2D eigenvalue weighted by atomic mass is 32.2. The zero-order valence-corrected chi connectivity index (χ0v) is 27.6. The van der Waals surface area contributed by atoms with E-state index >= 15 is 0 Å². The molecule has 0 aliphatic heterocycles. The van der Waals surface area contributed by atoms with Crippen LogP contribution in [0.4, 0.5) is 5.69 Å². The summed E-state index contributed by atoms with van der Waals surface area (Å²) in [4.78, 5) is 29.0. The summed E-state index contributed by atoms with van der Waals surface area (Å²) >= 11 is 0. The van der Waals surface area contributed by atoms with Crippen molar-refractivity contribution in [2.45, 2.75) is 50.6 Å². The van der Waals surface area contributed by atoms with Crippen molar-refractivity contribution in [3.05, 3.63) is 72.3 Å². The molecule has 0 spiro atoms. The Bertz CT molecular complexity index is 1530. The predicted molar refractivity (Wildman–Crippen MR) is 173 cm³/mol. The number of sulfonamides is 1. The Morgan fingerprint density at radius 2 is 1.49 bits per heavy atom. The van der Waals surface area contributed by atoms with Gasteiger partial charge >= 0.3 is 0 Å². The average molecular weight is 642 g/mol. The Labute approximate surface area is 266 Å². The van der Waals surface area contributed by atoms with Crippen LogP contribution >= 0.6 is 0 Å². The zero-order valence-electron chi connectivity index (χ0n) is 26.7. The van der Waals surface area contributed by atoms with E-state index in [1.54, 1.807) is 12.1 Å². The van der Waals surface area contributed by atoms with Gasteiger partial charge in [-0.2, -0.15) is 0 Å². The van der Waals surface area contributed by atoms with Crippen LogP contribution in [0.1, 0.15) is 38.7 Å². The van der Waals surface area contributed by atoms with Crippen molar-refractivity contribution in [1.29, 1.82) is 0 Å². The second-order valence-corrected chi connectivity index (χ2v) is 12.0. The molecule has 3 aromatic rings. The average Bonchev–Trinajstić information content (AvgIpc) is 3.06. The molecule has 1 N–H and O–H groups in total. The fourth-order valence-electron chi connectivity index (χ4n) is 4.82. The van der Waals surface area contributed by atoms with Crippen LogP contribution in [0.3, 0.4) is 0 Å². The van der Waals surface area contributed by atoms with E-state index in [0.717, 1.165) is 22.7 Å². The van der Waals surface area contributed by atoms with Gasteiger partial charge in [0.15, 0.2) is 11.5 Å². The van der Waals surface area contributed by atoms with Crippen molar-refractivity contribution in [2.75, 3.05) is 45.8 Å². The Morgan fingerprint density at radius 1 is 0.822 bits per heavy atom. The number of nitrogens with one attached hydrogen (secondary N) is 1. The molecule has 0 aliphatic carbocycles. The highest BCUT2D eigenvalue weighted by Crippen LogP contribution is 2.37. The van der Waals surface area contributed by atoms with E-state index in [0.29, 0.717) is 24.5 Å². The minimum Gasteiger partial charge on any atom is -0.497 e. The Balaban J connectivity index is 2.16. The van der Waals surface area contributed by atoms with E-state index in [9.17, 15) is 18.0 Å². The maximum absolute atomic E-state index is 14.4. The Hall–Kier alpha value is -4.45. The fraction of sp³-hybridized carbons (Fsp3) is 0.394. The normalized spacial score (nSPS) is 11.7. The summed E-state index contributed by atoms with van der Waals surface area (Å²) in [6.45, 7) is 3.78. The van der Waals surface area contributed by atoms with E-state index in [4.69, 9.17) is 18.9 Å². The number of amides is 2. The standard InChI is InChI=1S/C33H43N3O8S/c1-7-9-19-34-33(38)27(8-2)35(22-24-13-11-10-12-14-24)32(37)23-36(28-20-25(41-3)15-17-29(28)42-4)45(39,40)26-16-18-30(43-5)31(21-26)44-6/h10-18,20-21,27H,7-9,19,22-23H2,1-6H3,(H,34,38). The third-order valence-corrected chi connectivity index (χ3v) is 9.04. The topological polar surface area (TPSA) is 124 Å². The van der Waals surface area contributed by atoms with Crippen LogP contribution in [0.15, 0.2) is 71.6 Å².